The van der Waals surface area contributed by atoms with Crippen LogP contribution < -0.4 is 0 Å². The van der Waals surface area contributed by atoms with E-state index >= 15 is 0 Å². The molecule has 0 aliphatic carbocycles. The topological polar surface area (TPSA) is 79.0 Å². The number of aromatic nitrogens is 3. The molecule has 0 bridgehead atoms. The lowest BCUT2D eigenvalue weighted by atomic mass is 9.95. The molecule has 2 aromatic rings. The van der Waals surface area contributed by atoms with Crippen molar-refractivity contribution in [1.29, 1.82) is 0 Å². The lowest BCUT2D eigenvalue weighted by Crippen LogP contribution is -2.37. The third-order valence-electron chi connectivity index (χ3n) is 3.90. The van der Waals surface area contributed by atoms with Crippen molar-refractivity contribution in [2.45, 2.75) is 6.92 Å². The van der Waals surface area contributed by atoms with Crippen LogP contribution >= 0.6 is 11.6 Å². The molecule has 0 saturated heterocycles. The summed E-state index contributed by atoms with van der Waals surface area (Å²) in [4.78, 5) is 11.4. The van der Waals surface area contributed by atoms with Crippen molar-refractivity contribution in [3.63, 3.8) is 0 Å². The van der Waals surface area contributed by atoms with Gasteiger partial charge in [0.25, 0.3) is 0 Å². The lowest BCUT2D eigenvalue weighted by molar-refractivity contribution is 0.404. The van der Waals surface area contributed by atoms with E-state index in [1.165, 1.54) is 22.7 Å². The smallest absolute Gasteiger partial charge is 0.211 e. The van der Waals surface area contributed by atoms with Crippen molar-refractivity contribution in [3.05, 3.63) is 41.1 Å². The van der Waals surface area contributed by atoms with Crippen LogP contribution in [0.3, 0.4) is 0 Å². The summed E-state index contributed by atoms with van der Waals surface area (Å²) in [6.45, 7) is 2.58. The van der Waals surface area contributed by atoms with E-state index in [-0.39, 0.29) is 12.5 Å². The molecule has 1 atom stereocenters. The highest BCUT2D eigenvalue weighted by molar-refractivity contribution is 7.88. The molecule has 2 aromatic heterocycles. The number of imidazole rings is 1. The molecule has 0 unspecified atom stereocenters. The minimum absolute atomic E-state index is 0.0525. The first kappa shape index (κ1) is 17.1. The zero-order valence-corrected chi connectivity index (χ0v) is 14.7. The zero-order chi connectivity index (χ0) is 17.5. The molecule has 0 amide bonds. The number of nitrogens with zero attached hydrogens (tertiary/aromatic N) is 3. The standard InChI is InChI=1S/C15H16ClFN4O2S/c1-9-8-21(24(2,22)23)6-5-11(9)13-14(16)20-15(19-13)12-4-3-10(17)7-18-12/h3-5,7,9H,6,8H2,1-2H3,(H,19,20)/t9-/m1/s1. The molecule has 3 rings (SSSR count). The van der Waals surface area contributed by atoms with E-state index in [1.54, 1.807) is 0 Å². The molecule has 128 valence electrons. The Kier molecular flexibility index (Phi) is 4.46. The Hall–Kier alpha value is -1.77. The minimum Gasteiger partial charge on any atom is -0.327 e. The van der Waals surface area contributed by atoms with Gasteiger partial charge in [0.05, 0.1) is 12.5 Å². The Morgan fingerprint density at radius 3 is 2.75 bits per heavy atom. The van der Waals surface area contributed by atoms with E-state index in [4.69, 9.17) is 11.6 Å². The quantitative estimate of drug-likeness (QED) is 0.900. The number of hydrogen-bond donors (Lipinski definition) is 1. The number of rotatable bonds is 3. The van der Waals surface area contributed by atoms with E-state index in [0.29, 0.717) is 28.9 Å². The van der Waals surface area contributed by atoms with Gasteiger partial charge in [0, 0.05) is 13.1 Å². The molecule has 1 aliphatic heterocycles. The Labute approximate surface area is 144 Å². The lowest BCUT2D eigenvalue weighted by Gasteiger charge is -2.28. The fraction of sp³-hybridized carbons (Fsp3) is 0.333. The Morgan fingerprint density at radius 2 is 2.17 bits per heavy atom. The first-order valence-electron chi connectivity index (χ1n) is 7.28. The van der Waals surface area contributed by atoms with Crippen LogP contribution in [0.25, 0.3) is 17.1 Å². The highest BCUT2D eigenvalue weighted by Gasteiger charge is 2.28. The number of sulfonamides is 1. The van der Waals surface area contributed by atoms with Crippen LogP contribution in [0.1, 0.15) is 12.6 Å². The monoisotopic (exact) mass is 370 g/mol. The van der Waals surface area contributed by atoms with Crippen molar-refractivity contribution in [2.75, 3.05) is 19.3 Å². The fourth-order valence-electron chi connectivity index (χ4n) is 2.66. The molecule has 0 fully saturated rings. The van der Waals surface area contributed by atoms with Crippen molar-refractivity contribution < 1.29 is 12.8 Å². The molecule has 3 heterocycles. The molecule has 0 radical (unpaired) electrons. The first-order chi connectivity index (χ1) is 11.3. The zero-order valence-electron chi connectivity index (χ0n) is 13.1. The molecular weight excluding hydrogens is 355 g/mol. The van der Waals surface area contributed by atoms with Crippen molar-refractivity contribution in [3.8, 4) is 11.5 Å². The molecule has 9 heteroatoms. The van der Waals surface area contributed by atoms with Gasteiger partial charge < -0.3 is 4.98 Å². The van der Waals surface area contributed by atoms with Crippen molar-refractivity contribution >= 4 is 27.2 Å². The summed E-state index contributed by atoms with van der Waals surface area (Å²) in [6, 6.07) is 2.81. The van der Waals surface area contributed by atoms with Crippen LogP contribution in [0.4, 0.5) is 4.39 Å². The summed E-state index contributed by atoms with van der Waals surface area (Å²) < 4.78 is 37.7. The SMILES string of the molecule is C[C@@H]1CN(S(C)(=O)=O)CC=C1c1nc(-c2ccc(F)cn2)[nH]c1Cl. The average Bonchev–Trinajstić information content (AvgIpc) is 2.89. The number of H-pyrrole nitrogens is 1. The summed E-state index contributed by atoms with van der Waals surface area (Å²) in [6.07, 6.45) is 4.12. The summed E-state index contributed by atoms with van der Waals surface area (Å²) in [5.41, 5.74) is 1.93. The number of halogens is 2. The summed E-state index contributed by atoms with van der Waals surface area (Å²) in [5.74, 6) is -0.0435. The van der Waals surface area contributed by atoms with E-state index in [0.717, 1.165) is 11.8 Å². The molecule has 6 nitrogen and oxygen atoms in total. The van der Waals surface area contributed by atoms with Crippen LogP contribution in [0.5, 0.6) is 0 Å². The number of aromatic amines is 1. The number of nitrogens with one attached hydrogen (secondary N) is 1. The van der Waals surface area contributed by atoms with Crippen molar-refractivity contribution in [2.24, 2.45) is 5.92 Å². The highest BCUT2D eigenvalue weighted by Crippen LogP contribution is 2.33. The van der Waals surface area contributed by atoms with Gasteiger partial charge in [-0.2, -0.15) is 4.31 Å². The van der Waals surface area contributed by atoms with Crippen LogP contribution in [-0.2, 0) is 10.0 Å². The maximum absolute atomic E-state index is 13.0. The van der Waals surface area contributed by atoms with E-state index in [9.17, 15) is 12.8 Å². The van der Waals surface area contributed by atoms with E-state index in [2.05, 4.69) is 15.0 Å². The Bertz CT molecular complexity index is 893. The number of hydrogen-bond acceptors (Lipinski definition) is 4. The van der Waals surface area contributed by atoms with Gasteiger partial charge in [-0.1, -0.05) is 24.6 Å². The Morgan fingerprint density at radius 1 is 1.42 bits per heavy atom. The predicted molar refractivity (Wildman–Crippen MR) is 90.3 cm³/mol. The van der Waals surface area contributed by atoms with Gasteiger partial charge >= 0.3 is 0 Å². The second-order valence-electron chi connectivity index (χ2n) is 5.75. The molecule has 0 spiro atoms. The van der Waals surface area contributed by atoms with E-state index in [1.807, 2.05) is 13.0 Å². The molecule has 24 heavy (non-hydrogen) atoms. The third kappa shape index (κ3) is 3.35. The molecule has 0 saturated carbocycles. The Balaban J connectivity index is 1.93. The normalized spacial score (nSPS) is 19.3. The molecule has 0 aromatic carbocycles. The van der Waals surface area contributed by atoms with Gasteiger partial charge in [0.2, 0.25) is 10.0 Å². The number of pyridine rings is 1. The van der Waals surface area contributed by atoms with Gasteiger partial charge in [-0.3, -0.25) is 0 Å². The van der Waals surface area contributed by atoms with Gasteiger partial charge in [0.1, 0.15) is 22.4 Å². The molecule has 1 N–H and O–H groups in total. The second kappa shape index (κ2) is 6.27. The average molecular weight is 371 g/mol. The fourth-order valence-corrected chi connectivity index (χ4v) is 3.74. The minimum atomic E-state index is -3.23. The first-order valence-corrected chi connectivity index (χ1v) is 9.51. The summed E-state index contributed by atoms with van der Waals surface area (Å²) in [5, 5.41) is 0.349. The molecular formula is C15H16ClFN4O2S. The van der Waals surface area contributed by atoms with Crippen molar-refractivity contribution in [1.82, 2.24) is 19.3 Å². The van der Waals surface area contributed by atoms with Crippen LogP contribution in [0.2, 0.25) is 5.15 Å². The maximum Gasteiger partial charge on any atom is 0.211 e. The van der Waals surface area contributed by atoms with Gasteiger partial charge in [-0.25, -0.2) is 22.8 Å². The van der Waals surface area contributed by atoms with Crippen LogP contribution in [-0.4, -0.2) is 47.0 Å². The summed E-state index contributed by atoms with van der Waals surface area (Å²) in [7, 11) is -3.23. The summed E-state index contributed by atoms with van der Waals surface area (Å²) >= 11 is 6.26. The van der Waals surface area contributed by atoms with Gasteiger partial charge in [0.15, 0.2) is 5.82 Å². The molecule has 1 aliphatic rings. The highest BCUT2D eigenvalue weighted by atomic mass is 35.5. The largest absolute Gasteiger partial charge is 0.327 e. The van der Waals surface area contributed by atoms with Gasteiger partial charge in [-0.15, -0.1) is 0 Å². The van der Waals surface area contributed by atoms with Gasteiger partial charge in [-0.05, 0) is 23.6 Å². The van der Waals surface area contributed by atoms with Crippen LogP contribution in [0.15, 0.2) is 24.4 Å². The second-order valence-corrected chi connectivity index (χ2v) is 8.11. The van der Waals surface area contributed by atoms with E-state index < -0.39 is 15.8 Å². The predicted octanol–water partition coefficient (Wildman–Crippen LogP) is 2.56. The maximum atomic E-state index is 13.0. The van der Waals surface area contributed by atoms with Crippen LogP contribution in [0, 0.1) is 11.7 Å². The third-order valence-corrected chi connectivity index (χ3v) is 5.41.